The molecule has 0 amide bonds. The van der Waals surface area contributed by atoms with Crippen molar-refractivity contribution in [2.45, 2.75) is 38.5 Å². The van der Waals surface area contributed by atoms with Crippen LogP contribution in [0.1, 0.15) is 42.9 Å². The summed E-state index contributed by atoms with van der Waals surface area (Å²) in [4.78, 5) is 0. The van der Waals surface area contributed by atoms with Gasteiger partial charge in [0.25, 0.3) is 0 Å². The quantitative estimate of drug-likeness (QED) is 0.816. The maximum atomic E-state index is 3.37. The number of aryl methyl sites for hydroxylation is 1. The molecule has 1 aromatic carbocycles. The van der Waals surface area contributed by atoms with E-state index in [1.54, 1.807) is 5.56 Å². The summed E-state index contributed by atoms with van der Waals surface area (Å²) >= 11 is 0. The fourth-order valence-corrected chi connectivity index (χ4v) is 2.88. The zero-order valence-corrected chi connectivity index (χ0v) is 10.8. The largest absolute Gasteiger partial charge is 0.313 e. The first-order valence-corrected chi connectivity index (χ1v) is 6.70. The predicted molar refractivity (Wildman–Crippen MR) is 73.2 cm³/mol. The lowest BCUT2D eigenvalue weighted by molar-refractivity contribution is 0.738. The van der Waals surface area contributed by atoms with Crippen LogP contribution in [0, 0.1) is 6.92 Å². The van der Waals surface area contributed by atoms with E-state index >= 15 is 0 Å². The summed E-state index contributed by atoms with van der Waals surface area (Å²) in [5.41, 5.74) is 6.47. The molecule has 1 N–H and O–H groups in total. The van der Waals surface area contributed by atoms with Gasteiger partial charge < -0.3 is 5.32 Å². The van der Waals surface area contributed by atoms with E-state index in [-0.39, 0.29) is 0 Å². The summed E-state index contributed by atoms with van der Waals surface area (Å²) in [7, 11) is 0. The minimum Gasteiger partial charge on any atom is -0.313 e. The zero-order chi connectivity index (χ0) is 11.9. The van der Waals surface area contributed by atoms with Gasteiger partial charge in [-0.1, -0.05) is 31.2 Å². The molecule has 1 saturated carbocycles. The Hall–Kier alpha value is -1.08. The molecule has 0 aromatic heterocycles. The molecule has 0 spiro atoms. The lowest BCUT2D eigenvalue weighted by atomic mass is 9.90. The normalized spacial score (nSPS) is 22.1. The third-order valence-electron chi connectivity index (χ3n) is 4.31. The summed E-state index contributed by atoms with van der Waals surface area (Å²) in [5.74, 6) is 0. The van der Waals surface area contributed by atoms with E-state index in [0.29, 0.717) is 5.41 Å². The van der Waals surface area contributed by atoms with Crippen LogP contribution >= 0.6 is 0 Å². The standard InChI is InChI=1S/C16H21N/c1-12-11-14(13-5-9-17-10-6-13)3-4-15(12)16(2)7-8-16/h3-5,11,17H,6-10H2,1-2H3. The molecule has 90 valence electrons. The molecular formula is C16H21N. The summed E-state index contributed by atoms with van der Waals surface area (Å²) in [5, 5.41) is 3.37. The van der Waals surface area contributed by atoms with Crippen molar-refractivity contribution in [2.75, 3.05) is 13.1 Å². The Morgan fingerprint density at radius 2 is 2.06 bits per heavy atom. The second-order valence-electron chi connectivity index (χ2n) is 5.77. The molecule has 1 nitrogen and oxygen atoms in total. The molecule has 1 aliphatic carbocycles. The lowest BCUT2D eigenvalue weighted by Gasteiger charge is -2.18. The Morgan fingerprint density at radius 3 is 2.65 bits per heavy atom. The molecule has 0 radical (unpaired) electrons. The highest BCUT2D eigenvalue weighted by molar-refractivity contribution is 5.67. The molecule has 0 bridgehead atoms. The van der Waals surface area contributed by atoms with Crippen LogP contribution in [0.3, 0.4) is 0 Å². The van der Waals surface area contributed by atoms with E-state index in [9.17, 15) is 0 Å². The van der Waals surface area contributed by atoms with E-state index in [0.717, 1.165) is 19.5 Å². The molecule has 3 rings (SSSR count). The van der Waals surface area contributed by atoms with Gasteiger partial charge in [0.15, 0.2) is 0 Å². The van der Waals surface area contributed by atoms with Gasteiger partial charge in [0.1, 0.15) is 0 Å². The van der Waals surface area contributed by atoms with Crippen LogP contribution < -0.4 is 5.32 Å². The van der Waals surface area contributed by atoms with Gasteiger partial charge in [-0.05, 0) is 60.4 Å². The molecule has 2 aliphatic rings. The highest BCUT2D eigenvalue weighted by Gasteiger charge is 2.39. The first-order chi connectivity index (χ1) is 8.19. The predicted octanol–water partition coefficient (Wildman–Crippen LogP) is 3.42. The molecule has 1 aliphatic heterocycles. The van der Waals surface area contributed by atoms with E-state index in [4.69, 9.17) is 0 Å². The van der Waals surface area contributed by atoms with Crippen LogP contribution in [0.4, 0.5) is 0 Å². The van der Waals surface area contributed by atoms with Gasteiger partial charge in [-0.3, -0.25) is 0 Å². The average molecular weight is 227 g/mol. The summed E-state index contributed by atoms with van der Waals surface area (Å²) in [6.45, 7) is 6.79. The molecule has 1 heterocycles. The lowest BCUT2D eigenvalue weighted by Crippen LogP contribution is -2.20. The number of hydrogen-bond acceptors (Lipinski definition) is 1. The number of hydrogen-bond donors (Lipinski definition) is 1. The SMILES string of the molecule is Cc1cc(C2=CCNCC2)ccc1C1(C)CC1. The maximum Gasteiger partial charge on any atom is 0.0140 e. The fourth-order valence-electron chi connectivity index (χ4n) is 2.88. The van der Waals surface area contributed by atoms with Crippen molar-refractivity contribution in [3.63, 3.8) is 0 Å². The van der Waals surface area contributed by atoms with Gasteiger partial charge in [-0.2, -0.15) is 0 Å². The van der Waals surface area contributed by atoms with Crippen LogP contribution in [0.25, 0.3) is 5.57 Å². The van der Waals surface area contributed by atoms with Crippen molar-refractivity contribution in [2.24, 2.45) is 0 Å². The van der Waals surface area contributed by atoms with Gasteiger partial charge in [0, 0.05) is 6.54 Å². The Morgan fingerprint density at radius 1 is 1.24 bits per heavy atom. The minimum absolute atomic E-state index is 0.491. The van der Waals surface area contributed by atoms with Crippen molar-refractivity contribution >= 4 is 5.57 Å². The van der Waals surface area contributed by atoms with Crippen LogP contribution in [-0.2, 0) is 5.41 Å². The van der Waals surface area contributed by atoms with Gasteiger partial charge in [-0.25, -0.2) is 0 Å². The average Bonchev–Trinajstić information content (AvgIpc) is 3.09. The summed E-state index contributed by atoms with van der Waals surface area (Å²) in [6, 6.07) is 7.07. The highest BCUT2D eigenvalue weighted by Crippen LogP contribution is 2.48. The van der Waals surface area contributed by atoms with Crippen molar-refractivity contribution in [3.05, 3.63) is 41.0 Å². The Balaban J connectivity index is 1.93. The second kappa shape index (κ2) is 3.99. The van der Waals surface area contributed by atoms with E-state index in [2.05, 4.69) is 43.4 Å². The Labute approximate surface area is 104 Å². The van der Waals surface area contributed by atoms with E-state index in [1.807, 2.05) is 0 Å². The monoisotopic (exact) mass is 227 g/mol. The minimum atomic E-state index is 0.491. The topological polar surface area (TPSA) is 12.0 Å². The molecule has 0 saturated heterocycles. The molecule has 0 unspecified atom stereocenters. The number of nitrogens with one attached hydrogen (secondary N) is 1. The summed E-state index contributed by atoms with van der Waals surface area (Å²) in [6.07, 6.45) is 6.21. The number of benzene rings is 1. The van der Waals surface area contributed by atoms with Crippen molar-refractivity contribution in [1.29, 1.82) is 0 Å². The van der Waals surface area contributed by atoms with Crippen molar-refractivity contribution < 1.29 is 0 Å². The van der Waals surface area contributed by atoms with Gasteiger partial charge in [-0.15, -0.1) is 0 Å². The van der Waals surface area contributed by atoms with Crippen LogP contribution in [-0.4, -0.2) is 13.1 Å². The van der Waals surface area contributed by atoms with E-state index in [1.165, 1.54) is 29.5 Å². The van der Waals surface area contributed by atoms with Crippen molar-refractivity contribution in [1.82, 2.24) is 5.32 Å². The van der Waals surface area contributed by atoms with Crippen LogP contribution in [0.5, 0.6) is 0 Å². The highest BCUT2D eigenvalue weighted by atomic mass is 14.8. The van der Waals surface area contributed by atoms with Crippen LogP contribution in [0.2, 0.25) is 0 Å². The first-order valence-electron chi connectivity index (χ1n) is 6.70. The van der Waals surface area contributed by atoms with Crippen LogP contribution in [0.15, 0.2) is 24.3 Å². The third-order valence-corrected chi connectivity index (χ3v) is 4.31. The fraction of sp³-hybridized carbons (Fsp3) is 0.500. The molecule has 0 atom stereocenters. The molecule has 1 aromatic rings. The zero-order valence-electron chi connectivity index (χ0n) is 10.8. The molecule has 17 heavy (non-hydrogen) atoms. The molecule has 1 fully saturated rings. The maximum absolute atomic E-state index is 3.37. The van der Waals surface area contributed by atoms with Crippen molar-refractivity contribution in [3.8, 4) is 0 Å². The second-order valence-corrected chi connectivity index (χ2v) is 5.77. The Bertz CT molecular complexity index is 466. The number of rotatable bonds is 2. The Kier molecular flexibility index (Phi) is 2.59. The summed E-state index contributed by atoms with van der Waals surface area (Å²) < 4.78 is 0. The van der Waals surface area contributed by atoms with Gasteiger partial charge in [0.05, 0.1) is 0 Å². The molecular weight excluding hydrogens is 206 g/mol. The molecule has 1 heteroatoms. The van der Waals surface area contributed by atoms with Gasteiger partial charge in [0.2, 0.25) is 0 Å². The van der Waals surface area contributed by atoms with Gasteiger partial charge >= 0.3 is 0 Å². The first kappa shape index (κ1) is 11.0. The van der Waals surface area contributed by atoms with E-state index < -0.39 is 0 Å². The third kappa shape index (κ3) is 2.04. The smallest absolute Gasteiger partial charge is 0.0140 e.